The number of nitrogens with zero attached hydrogens (tertiary/aromatic N) is 2. The minimum atomic E-state index is -0.485. The van der Waals surface area contributed by atoms with E-state index >= 15 is 0 Å². The van der Waals surface area contributed by atoms with Crippen LogP contribution in [0, 0.1) is 0 Å². The van der Waals surface area contributed by atoms with E-state index in [2.05, 4.69) is 24.3 Å². The van der Waals surface area contributed by atoms with Crippen molar-refractivity contribution < 1.29 is 19.1 Å². The number of fused-ring (bicyclic) bond motifs is 4. The highest BCUT2D eigenvalue weighted by atomic mass is 16.5. The van der Waals surface area contributed by atoms with Crippen LogP contribution in [0.2, 0.25) is 0 Å². The number of hydrogen-bond donors (Lipinski definition) is 0. The molecule has 2 aliphatic heterocycles. The van der Waals surface area contributed by atoms with Gasteiger partial charge >= 0.3 is 11.8 Å². The molecule has 2 heterocycles. The fourth-order valence-electron chi connectivity index (χ4n) is 6.12. The molecule has 4 aliphatic rings. The lowest BCUT2D eigenvalue weighted by Crippen LogP contribution is -2.58. The van der Waals surface area contributed by atoms with Crippen LogP contribution in [-0.2, 0) is 43.1 Å². The van der Waals surface area contributed by atoms with Gasteiger partial charge in [0.25, 0.3) is 0 Å². The molecule has 2 aliphatic carbocycles. The number of carbonyl (C=O) groups excluding carboxylic acids is 2. The van der Waals surface area contributed by atoms with E-state index in [4.69, 9.17) is 9.47 Å². The number of benzene rings is 2. The third-order valence-electron chi connectivity index (χ3n) is 7.74. The van der Waals surface area contributed by atoms with E-state index in [1.54, 1.807) is 9.80 Å². The molecule has 6 heteroatoms. The van der Waals surface area contributed by atoms with Crippen LogP contribution in [-0.4, -0.2) is 61.0 Å². The summed E-state index contributed by atoms with van der Waals surface area (Å²) in [5.41, 5.74) is 3.92. The highest BCUT2D eigenvalue weighted by Crippen LogP contribution is 2.43. The molecule has 0 radical (unpaired) electrons. The van der Waals surface area contributed by atoms with Gasteiger partial charge in [-0.05, 0) is 47.9 Å². The molecule has 2 spiro atoms. The predicted octanol–water partition coefficient (Wildman–Crippen LogP) is 2.39. The standard InChI is InChI=1S/C26H28N2O4/c29-23(27-13-15-31-25(17-27)11-9-19-5-1-3-7-21(19)25)24(30)28-14-16-32-26(18-28)12-10-20-6-2-4-8-22(20)26/h1-8H,9-18H2. The summed E-state index contributed by atoms with van der Waals surface area (Å²) >= 11 is 0. The third-order valence-corrected chi connectivity index (χ3v) is 7.74. The molecule has 6 nitrogen and oxygen atoms in total. The average molecular weight is 433 g/mol. The lowest BCUT2D eigenvalue weighted by Gasteiger charge is -2.43. The summed E-state index contributed by atoms with van der Waals surface area (Å²) in [6.07, 6.45) is 3.58. The number of carbonyl (C=O) groups is 2. The van der Waals surface area contributed by atoms with Gasteiger partial charge in [-0.25, -0.2) is 0 Å². The number of ether oxygens (including phenoxy) is 2. The van der Waals surface area contributed by atoms with Gasteiger partial charge in [-0.15, -0.1) is 0 Å². The van der Waals surface area contributed by atoms with Crippen molar-refractivity contribution >= 4 is 11.8 Å². The van der Waals surface area contributed by atoms with Crippen molar-refractivity contribution in [3.63, 3.8) is 0 Å². The summed E-state index contributed by atoms with van der Waals surface area (Å²) in [6, 6.07) is 16.6. The van der Waals surface area contributed by atoms with Crippen LogP contribution >= 0.6 is 0 Å². The van der Waals surface area contributed by atoms with Crippen LogP contribution in [0.4, 0.5) is 0 Å². The zero-order valence-corrected chi connectivity index (χ0v) is 18.2. The summed E-state index contributed by atoms with van der Waals surface area (Å²) in [6.45, 7) is 2.68. The van der Waals surface area contributed by atoms with E-state index < -0.39 is 23.0 Å². The Balaban J connectivity index is 1.20. The third kappa shape index (κ3) is 3.00. The monoisotopic (exact) mass is 432 g/mol. The van der Waals surface area contributed by atoms with E-state index in [1.165, 1.54) is 11.1 Å². The zero-order chi connectivity index (χ0) is 21.8. The van der Waals surface area contributed by atoms with E-state index in [9.17, 15) is 9.59 Å². The molecule has 0 saturated carbocycles. The van der Waals surface area contributed by atoms with E-state index in [-0.39, 0.29) is 0 Å². The van der Waals surface area contributed by atoms with Crippen molar-refractivity contribution in [1.29, 1.82) is 0 Å². The molecule has 0 bridgehead atoms. The Bertz CT molecular complexity index is 992. The smallest absolute Gasteiger partial charge is 0.312 e. The normalized spacial score (nSPS) is 28.8. The van der Waals surface area contributed by atoms with Gasteiger partial charge < -0.3 is 19.3 Å². The summed E-state index contributed by atoms with van der Waals surface area (Å²) in [7, 11) is 0. The topological polar surface area (TPSA) is 59.1 Å². The van der Waals surface area contributed by atoms with Crippen molar-refractivity contribution in [2.24, 2.45) is 0 Å². The molecule has 6 rings (SSSR count). The molecule has 2 unspecified atom stereocenters. The van der Waals surface area contributed by atoms with Gasteiger partial charge in [0.1, 0.15) is 11.2 Å². The van der Waals surface area contributed by atoms with Crippen LogP contribution in [0.15, 0.2) is 48.5 Å². The van der Waals surface area contributed by atoms with Gasteiger partial charge in [0.15, 0.2) is 0 Å². The maximum atomic E-state index is 13.3. The van der Waals surface area contributed by atoms with Gasteiger partial charge in [-0.1, -0.05) is 48.5 Å². The van der Waals surface area contributed by atoms with Crippen LogP contribution < -0.4 is 0 Å². The Morgan fingerprint density at radius 3 is 1.59 bits per heavy atom. The Hall–Kier alpha value is -2.70. The molecule has 2 fully saturated rings. The van der Waals surface area contributed by atoms with Crippen LogP contribution in [0.25, 0.3) is 0 Å². The number of rotatable bonds is 0. The Morgan fingerprint density at radius 2 is 1.12 bits per heavy atom. The maximum Gasteiger partial charge on any atom is 0.312 e. The van der Waals surface area contributed by atoms with Crippen molar-refractivity contribution in [2.75, 3.05) is 39.4 Å². The second kappa shape index (κ2) is 7.42. The largest absolute Gasteiger partial charge is 0.367 e. The Labute approximate surface area is 188 Å². The highest BCUT2D eigenvalue weighted by molar-refractivity contribution is 6.35. The quantitative estimate of drug-likeness (QED) is 0.600. The van der Waals surface area contributed by atoms with E-state index in [0.29, 0.717) is 39.4 Å². The van der Waals surface area contributed by atoms with Crippen molar-refractivity contribution in [3.8, 4) is 0 Å². The summed E-state index contributed by atoms with van der Waals surface area (Å²) < 4.78 is 12.5. The minimum absolute atomic E-state index is 0.416. The van der Waals surface area contributed by atoms with Gasteiger partial charge in [0.05, 0.1) is 26.3 Å². The Kier molecular flexibility index (Phi) is 4.63. The first-order chi connectivity index (χ1) is 15.6. The van der Waals surface area contributed by atoms with Crippen molar-refractivity contribution in [1.82, 2.24) is 9.80 Å². The minimum Gasteiger partial charge on any atom is -0.367 e. The predicted molar refractivity (Wildman–Crippen MR) is 118 cm³/mol. The zero-order valence-electron chi connectivity index (χ0n) is 18.2. The molecule has 0 N–H and O–H groups in total. The summed E-state index contributed by atoms with van der Waals surface area (Å²) in [5.74, 6) is -0.833. The van der Waals surface area contributed by atoms with Crippen molar-refractivity contribution in [3.05, 3.63) is 70.8 Å². The molecular formula is C26H28N2O4. The van der Waals surface area contributed by atoms with Crippen molar-refractivity contribution in [2.45, 2.75) is 36.9 Å². The molecule has 2 saturated heterocycles. The molecule has 166 valence electrons. The summed E-state index contributed by atoms with van der Waals surface area (Å²) in [5, 5.41) is 0. The van der Waals surface area contributed by atoms with Crippen LogP contribution in [0.5, 0.6) is 0 Å². The molecule has 2 amide bonds. The lowest BCUT2D eigenvalue weighted by molar-refractivity contribution is -0.171. The second-order valence-corrected chi connectivity index (χ2v) is 9.45. The van der Waals surface area contributed by atoms with Crippen LogP contribution in [0.1, 0.15) is 35.1 Å². The van der Waals surface area contributed by atoms with E-state index in [0.717, 1.165) is 36.8 Å². The SMILES string of the molecule is O=C(C(=O)N1CCOC2(CCc3ccccc32)C1)N1CCOC2(CCc3ccccc32)C1. The Morgan fingerprint density at radius 1 is 0.688 bits per heavy atom. The number of aryl methyl sites for hydroxylation is 2. The first-order valence-corrected chi connectivity index (χ1v) is 11.6. The van der Waals surface area contributed by atoms with Gasteiger partial charge in [-0.2, -0.15) is 0 Å². The fourth-order valence-corrected chi connectivity index (χ4v) is 6.12. The van der Waals surface area contributed by atoms with Crippen LogP contribution in [0.3, 0.4) is 0 Å². The molecule has 0 aromatic heterocycles. The average Bonchev–Trinajstić information content (AvgIpc) is 3.37. The number of amides is 2. The molecule has 32 heavy (non-hydrogen) atoms. The fraction of sp³-hybridized carbons (Fsp3) is 0.462. The number of hydrogen-bond acceptors (Lipinski definition) is 4. The first kappa shape index (κ1) is 19.9. The first-order valence-electron chi connectivity index (χ1n) is 11.6. The van der Waals surface area contributed by atoms with Gasteiger partial charge in [0.2, 0.25) is 0 Å². The second-order valence-electron chi connectivity index (χ2n) is 9.45. The molecular weight excluding hydrogens is 404 g/mol. The number of morpholine rings is 2. The maximum absolute atomic E-state index is 13.3. The highest BCUT2D eigenvalue weighted by Gasteiger charge is 2.48. The lowest BCUT2D eigenvalue weighted by atomic mass is 9.93. The summed E-state index contributed by atoms with van der Waals surface area (Å²) in [4.78, 5) is 30.1. The van der Waals surface area contributed by atoms with E-state index in [1.807, 2.05) is 24.3 Å². The van der Waals surface area contributed by atoms with Gasteiger partial charge in [-0.3, -0.25) is 9.59 Å². The van der Waals surface area contributed by atoms with Gasteiger partial charge in [0, 0.05) is 13.1 Å². The molecule has 2 atom stereocenters. The molecule has 2 aromatic rings. The molecule has 2 aromatic carbocycles.